The molecule has 1 aliphatic rings. The number of aromatic nitrogens is 4. The molecular weight excluding hydrogens is 320 g/mol. The highest BCUT2D eigenvalue weighted by molar-refractivity contribution is 7.18. The van der Waals surface area contributed by atoms with Gasteiger partial charge in [-0.3, -0.25) is 4.68 Å². The van der Waals surface area contributed by atoms with E-state index in [1.807, 2.05) is 25.5 Å². The Bertz CT molecular complexity index is 1080. The first-order valence-electron chi connectivity index (χ1n) is 8.04. The fraction of sp³-hybridized carbons (Fsp3) is 0.278. The van der Waals surface area contributed by atoms with Crippen LogP contribution in [-0.4, -0.2) is 24.9 Å². The Labute approximate surface area is 142 Å². The van der Waals surface area contributed by atoms with Crippen LogP contribution in [-0.2, 0) is 12.6 Å². The van der Waals surface area contributed by atoms with Gasteiger partial charge in [0.1, 0.15) is 4.83 Å². The van der Waals surface area contributed by atoms with Crippen LogP contribution in [0, 0.1) is 0 Å². The highest BCUT2D eigenvalue weighted by atomic mass is 32.1. The summed E-state index contributed by atoms with van der Waals surface area (Å²) in [5.41, 5.74) is 2.00. The number of aliphatic hydroxyl groups is 1. The number of nitrogens with zero attached hydrogens (tertiary/aromatic N) is 4. The number of thiophene rings is 1. The average Bonchev–Trinajstić information content (AvgIpc) is 3.13. The molecule has 4 heterocycles. The number of aryl methyl sites for hydroxylation is 1. The number of rotatable bonds is 2. The van der Waals surface area contributed by atoms with E-state index >= 15 is 0 Å². The largest absolute Gasteiger partial charge is 0.384 e. The SMILES string of the molecule is Cn1cc2cc(-c3ccc4cc(C5(O)CCC5)sc4n3)cnc2n1. The molecule has 6 heteroatoms. The van der Waals surface area contributed by atoms with E-state index in [0.29, 0.717) is 0 Å². The number of fused-ring (bicyclic) bond motifs is 2. The molecule has 0 radical (unpaired) electrons. The van der Waals surface area contributed by atoms with Crippen molar-refractivity contribution in [3.05, 3.63) is 41.5 Å². The minimum atomic E-state index is -0.623. The summed E-state index contributed by atoms with van der Waals surface area (Å²) in [5.74, 6) is 0. The Hall–Kier alpha value is -2.31. The van der Waals surface area contributed by atoms with E-state index in [-0.39, 0.29) is 0 Å². The second-order valence-electron chi connectivity index (χ2n) is 6.53. The third kappa shape index (κ3) is 2.07. The van der Waals surface area contributed by atoms with Gasteiger partial charge < -0.3 is 5.11 Å². The van der Waals surface area contributed by atoms with Gasteiger partial charge in [0, 0.05) is 40.7 Å². The Balaban J connectivity index is 1.60. The van der Waals surface area contributed by atoms with E-state index in [1.165, 1.54) is 0 Å². The first-order valence-corrected chi connectivity index (χ1v) is 8.86. The lowest BCUT2D eigenvalue weighted by atomic mass is 9.79. The summed E-state index contributed by atoms with van der Waals surface area (Å²) in [6.45, 7) is 0. The van der Waals surface area contributed by atoms with Crippen LogP contribution in [0.2, 0.25) is 0 Å². The van der Waals surface area contributed by atoms with E-state index in [2.05, 4.69) is 28.3 Å². The van der Waals surface area contributed by atoms with Crippen molar-refractivity contribution in [2.75, 3.05) is 0 Å². The van der Waals surface area contributed by atoms with Gasteiger partial charge in [-0.25, -0.2) is 9.97 Å². The van der Waals surface area contributed by atoms with Crippen LogP contribution >= 0.6 is 11.3 Å². The second kappa shape index (κ2) is 4.84. The van der Waals surface area contributed by atoms with Crippen molar-refractivity contribution in [2.24, 2.45) is 7.05 Å². The van der Waals surface area contributed by atoms with Crippen LogP contribution in [0.1, 0.15) is 24.1 Å². The summed E-state index contributed by atoms with van der Waals surface area (Å²) in [6.07, 6.45) is 6.58. The van der Waals surface area contributed by atoms with Crippen molar-refractivity contribution in [1.82, 2.24) is 19.7 Å². The van der Waals surface area contributed by atoms with E-state index in [1.54, 1.807) is 16.0 Å². The topological polar surface area (TPSA) is 63.8 Å². The molecular formula is C18H16N4OS. The molecule has 4 aromatic heterocycles. The molecule has 1 aliphatic carbocycles. The summed E-state index contributed by atoms with van der Waals surface area (Å²) in [4.78, 5) is 11.2. The monoisotopic (exact) mass is 336 g/mol. The van der Waals surface area contributed by atoms with E-state index < -0.39 is 5.60 Å². The highest BCUT2D eigenvalue weighted by Crippen LogP contribution is 2.45. The molecule has 0 amide bonds. The first-order chi connectivity index (χ1) is 11.6. The Morgan fingerprint density at radius 3 is 2.88 bits per heavy atom. The lowest BCUT2D eigenvalue weighted by Crippen LogP contribution is -2.32. The fourth-order valence-corrected chi connectivity index (χ4v) is 4.42. The van der Waals surface area contributed by atoms with Crippen molar-refractivity contribution in [3.8, 4) is 11.3 Å². The molecule has 1 saturated carbocycles. The number of hydrogen-bond acceptors (Lipinski definition) is 5. The molecule has 0 atom stereocenters. The predicted octanol–water partition coefficient (Wildman–Crippen LogP) is 3.62. The maximum atomic E-state index is 10.6. The van der Waals surface area contributed by atoms with Gasteiger partial charge in [-0.05, 0) is 43.5 Å². The third-order valence-electron chi connectivity index (χ3n) is 4.79. The van der Waals surface area contributed by atoms with Gasteiger partial charge in [-0.1, -0.05) is 0 Å². The Morgan fingerprint density at radius 2 is 2.08 bits per heavy atom. The van der Waals surface area contributed by atoms with E-state index in [0.717, 1.165) is 56.6 Å². The number of hydrogen-bond donors (Lipinski definition) is 1. The molecule has 120 valence electrons. The molecule has 0 bridgehead atoms. The zero-order chi connectivity index (χ0) is 16.3. The van der Waals surface area contributed by atoms with Gasteiger partial charge in [0.25, 0.3) is 0 Å². The standard InChI is InChI=1S/C18H16N4OS/c1-22-10-13-7-12(9-19-16(13)21-22)14-4-3-11-8-15(24-17(11)20-14)18(23)5-2-6-18/h3-4,7-10,23H,2,5-6H2,1H3. The molecule has 4 aromatic rings. The molecule has 0 aliphatic heterocycles. The molecule has 24 heavy (non-hydrogen) atoms. The highest BCUT2D eigenvalue weighted by Gasteiger charge is 2.37. The lowest BCUT2D eigenvalue weighted by molar-refractivity contribution is -0.0353. The summed E-state index contributed by atoms with van der Waals surface area (Å²) in [5, 5.41) is 17.0. The minimum absolute atomic E-state index is 0.623. The molecule has 0 spiro atoms. The zero-order valence-corrected chi connectivity index (χ0v) is 14.0. The zero-order valence-electron chi connectivity index (χ0n) is 13.2. The minimum Gasteiger partial charge on any atom is -0.384 e. The van der Waals surface area contributed by atoms with E-state index in [4.69, 9.17) is 4.98 Å². The molecule has 1 fully saturated rings. The maximum Gasteiger partial charge on any atom is 0.181 e. The first kappa shape index (κ1) is 14.1. The van der Waals surface area contributed by atoms with Crippen LogP contribution in [0.15, 0.2) is 36.7 Å². The van der Waals surface area contributed by atoms with Gasteiger partial charge in [0.2, 0.25) is 0 Å². The molecule has 1 N–H and O–H groups in total. The maximum absolute atomic E-state index is 10.6. The Morgan fingerprint density at radius 1 is 1.21 bits per heavy atom. The third-order valence-corrected chi connectivity index (χ3v) is 6.03. The normalized spacial score (nSPS) is 16.6. The summed E-state index contributed by atoms with van der Waals surface area (Å²) in [7, 11) is 1.89. The van der Waals surface area contributed by atoms with Crippen molar-refractivity contribution in [1.29, 1.82) is 0 Å². The van der Waals surface area contributed by atoms with Gasteiger partial charge in [0.05, 0.1) is 11.3 Å². The Kier molecular flexibility index (Phi) is 2.84. The molecule has 0 unspecified atom stereocenters. The van der Waals surface area contributed by atoms with Crippen LogP contribution in [0.25, 0.3) is 32.5 Å². The predicted molar refractivity (Wildman–Crippen MR) is 94.9 cm³/mol. The van der Waals surface area contributed by atoms with Crippen molar-refractivity contribution < 1.29 is 5.11 Å². The van der Waals surface area contributed by atoms with Crippen molar-refractivity contribution >= 4 is 32.6 Å². The smallest absolute Gasteiger partial charge is 0.181 e. The second-order valence-corrected chi connectivity index (χ2v) is 7.56. The van der Waals surface area contributed by atoms with Crippen molar-refractivity contribution in [3.63, 3.8) is 0 Å². The summed E-state index contributed by atoms with van der Waals surface area (Å²) >= 11 is 1.60. The van der Waals surface area contributed by atoms with Crippen LogP contribution < -0.4 is 0 Å². The van der Waals surface area contributed by atoms with Crippen molar-refractivity contribution in [2.45, 2.75) is 24.9 Å². The van der Waals surface area contributed by atoms with E-state index in [9.17, 15) is 5.11 Å². The van der Waals surface area contributed by atoms with Gasteiger partial charge in [-0.2, -0.15) is 5.10 Å². The molecule has 0 aromatic carbocycles. The van der Waals surface area contributed by atoms with Crippen LogP contribution in [0.4, 0.5) is 0 Å². The van der Waals surface area contributed by atoms with Gasteiger partial charge in [-0.15, -0.1) is 11.3 Å². The molecule has 0 saturated heterocycles. The number of pyridine rings is 2. The van der Waals surface area contributed by atoms with Crippen LogP contribution in [0.5, 0.6) is 0 Å². The quantitative estimate of drug-likeness (QED) is 0.607. The lowest BCUT2D eigenvalue weighted by Gasteiger charge is -2.35. The van der Waals surface area contributed by atoms with Gasteiger partial charge >= 0.3 is 0 Å². The van der Waals surface area contributed by atoms with Gasteiger partial charge in [0.15, 0.2) is 5.65 Å². The molecule has 5 rings (SSSR count). The summed E-state index contributed by atoms with van der Waals surface area (Å²) in [6, 6.07) is 8.24. The molecule has 5 nitrogen and oxygen atoms in total. The fourth-order valence-electron chi connectivity index (χ4n) is 3.24. The average molecular weight is 336 g/mol. The van der Waals surface area contributed by atoms with Crippen LogP contribution in [0.3, 0.4) is 0 Å². The summed E-state index contributed by atoms with van der Waals surface area (Å²) < 4.78 is 1.77.